The molecule has 100 valence electrons. The SMILES string of the molecule is CCOc1cccc(NC2CCCN(C)CC2)c1. The van der Waals surface area contributed by atoms with Gasteiger partial charge in [0.1, 0.15) is 5.75 Å². The van der Waals surface area contributed by atoms with Crippen molar-refractivity contribution in [3.05, 3.63) is 24.3 Å². The van der Waals surface area contributed by atoms with Crippen molar-refractivity contribution in [1.82, 2.24) is 4.90 Å². The smallest absolute Gasteiger partial charge is 0.121 e. The summed E-state index contributed by atoms with van der Waals surface area (Å²) in [5, 5.41) is 3.63. The molecular formula is C15H24N2O. The van der Waals surface area contributed by atoms with E-state index in [-0.39, 0.29) is 0 Å². The number of rotatable bonds is 4. The quantitative estimate of drug-likeness (QED) is 0.886. The van der Waals surface area contributed by atoms with Gasteiger partial charge in [-0.2, -0.15) is 0 Å². The summed E-state index contributed by atoms with van der Waals surface area (Å²) in [6.45, 7) is 5.14. The van der Waals surface area contributed by atoms with E-state index in [0.29, 0.717) is 6.04 Å². The summed E-state index contributed by atoms with van der Waals surface area (Å²) in [6.07, 6.45) is 3.75. The second-order valence-electron chi connectivity index (χ2n) is 5.04. The minimum Gasteiger partial charge on any atom is -0.494 e. The van der Waals surface area contributed by atoms with Gasteiger partial charge in [-0.1, -0.05) is 6.07 Å². The first-order valence-electron chi connectivity index (χ1n) is 6.96. The van der Waals surface area contributed by atoms with Gasteiger partial charge >= 0.3 is 0 Å². The van der Waals surface area contributed by atoms with Crippen LogP contribution in [0.25, 0.3) is 0 Å². The maximum Gasteiger partial charge on any atom is 0.121 e. The van der Waals surface area contributed by atoms with Gasteiger partial charge in [0.15, 0.2) is 0 Å². The maximum absolute atomic E-state index is 5.53. The van der Waals surface area contributed by atoms with Crippen LogP contribution in [-0.4, -0.2) is 37.7 Å². The zero-order chi connectivity index (χ0) is 12.8. The summed E-state index contributed by atoms with van der Waals surface area (Å²) in [4.78, 5) is 2.41. The number of anilines is 1. The Balaban J connectivity index is 1.93. The number of benzene rings is 1. The molecule has 1 unspecified atom stereocenters. The van der Waals surface area contributed by atoms with Crippen molar-refractivity contribution >= 4 is 5.69 Å². The minimum atomic E-state index is 0.590. The second-order valence-corrected chi connectivity index (χ2v) is 5.04. The predicted octanol–water partition coefficient (Wildman–Crippen LogP) is 2.98. The molecule has 3 nitrogen and oxygen atoms in total. The molecule has 1 N–H and O–H groups in total. The van der Waals surface area contributed by atoms with Crippen molar-refractivity contribution in [3.63, 3.8) is 0 Å². The first kappa shape index (κ1) is 13.2. The minimum absolute atomic E-state index is 0.590. The summed E-state index contributed by atoms with van der Waals surface area (Å²) in [5.41, 5.74) is 1.18. The van der Waals surface area contributed by atoms with E-state index in [2.05, 4.69) is 35.5 Å². The van der Waals surface area contributed by atoms with Crippen molar-refractivity contribution in [2.24, 2.45) is 0 Å². The molecular weight excluding hydrogens is 224 g/mol. The van der Waals surface area contributed by atoms with Crippen LogP contribution in [0.3, 0.4) is 0 Å². The lowest BCUT2D eigenvalue weighted by Gasteiger charge is -2.18. The Bertz CT molecular complexity index is 367. The van der Waals surface area contributed by atoms with E-state index < -0.39 is 0 Å². The van der Waals surface area contributed by atoms with Crippen molar-refractivity contribution < 1.29 is 4.74 Å². The molecule has 2 rings (SSSR count). The van der Waals surface area contributed by atoms with Gasteiger partial charge in [0, 0.05) is 17.8 Å². The van der Waals surface area contributed by atoms with Crippen LogP contribution >= 0.6 is 0 Å². The fraction of sp³-hybridized carbons (Fsp3) is 0.600. The molecule has 18 heavy (non-hydrogen) atoms. The first-order chi connectivity index (χ1) is 8.78. The Kier molecular flexibility index (Phi) is 4.88. The Morgan fingerprint density at radius 2 is 2.22 bits per heavy atom. The van der Waals surface area contributed by atoms with Gasteiger partial charge in [0.2, 0.25) is 0 Å². The highest BCUT2D eigenvalue weighted by atomic mass is 16.5. The normalized spacial score (nSPS) is 21.3. The van der Waals surface area contributed by atoms with E-state index >= 15 is 0 Å². The summed E-state index contributed by atoms with van der Waals surface area (Å²) in [5.74, 6) is 0.952. The van der Waals surface area contributed by atoms with Crippen LogP contribution < -0.4 is 10.1 Å². The molecule has 0 spiro atoms. The topological polar surface area (TPSA) is 24.5 Å². The van der Waals surface area contributed by atoms with Crippen LogP contribution in [0, 0.1) is 0 Å². The van der Waals surface area contributed by atoms with Gasteiger partial charge in [-0.05, 0) is 58.5 Å². The molecule has 1 aromatic carbocycles. The van der Waals surface area contributed by atoms with E-state index in [0.717, 1.165) is 12.4 Å². The van der Waals surface area contributed by atoms with Crippen LogP contribution in [0.15, 0.2) is 24.3 Å². The van der Waals surface area contributed by atoms with Gasteiger partial charge < -0.3 is 15.0 Å². The number of nitrogens with zero attached hydrogens (tertiary/aromatic N) is 1. The van der Waals surface area contributed by atoms with Crippen molar-refractivity contribution in [2.45, 2.75) is 32.2 Å². The maximum atomic E-state index is 5.53. The highest BCUT2D eigenvalue weighted by Gasteiger charge is 2.14. The average Bonchev–Trinajstić information content (AvgIpc) is 2.56. The third kappa shape index (κ3) is 3.91. The van der Waals surface area contributed by atoms with E-state index in [1.54, 1.807) is 0 Å². The van der Waals surface area contributed by atoms with Crippen molar-refractivity contribution in [2.75, 3.05) is 32.1 Å². The molecule has 1 atom stereocenters. The van der Waals surface area contributed by atoms with E-state index in [4.69, 9.17) is 4.74 Å². The molecule has 0 radical (unpaired) electrons. The van der Waals surface area contributed by atoms with Crippen LogP contribution in [0.1, 0.15) is 26.2 Å². The molecule has 3 heteroatoms. The van der Waals surface area contributed by atoms with Gasteiger partial charge in [-0.15, -0.1) is 0 Å². The fourth-order valence-corrected chi connectivity index (χ4v) is 2.46. The zero-order valence-electron chi connectivity index (χ0n) is 11.5. The Labute approximate surface area is 110 Å². The van der Waals surface area contributed by atoms with Gasteiger partial charge in [-0.25, -0.2) is 0 Å². The lowest BCUT2D eigenvalue weighted by atomic mass is 10.1. The van der Waals surface area contributed by atoms with Crippen LogP contribution in [0.2, 0.25) is 0 Å². The van der Waals surface area contributed by atoms with Crippen LogP contribution in [-0.2, 0) is 0 Å². The highest BCUT2D eigenvalue weighted by Crippen LogP contribution is 2.20. The second kappa shape index (κ2) is 6.64. The summed E-state index contributed by atoms with van der Waals surface area (Å²) >= 11 is 0. The lowest BCUT2D eigenvalue weighted by Crippen LogP contribution is -2.22. The van der Waals surface area contributed by atoms with E-state index in [9.17, 15) is 0 Å². The fourth-order valence-electron chi connectivity index (χ4n) is 2.46. The average molecular weight is 248 g/mol. The Morgan fingerprint density at radius 1 is 1.33 bits per heavy atom. The third-order valence-electron chi connectivity index (χ3n) is 3.47. The number of ether oxygens (including phenoxy) is 1. The van der Waals surface area contributed by atoms with Gasteiger partial charge in [0.05, 0.1) is 6.61 Å². The van der Waals surface area contributed by atoms with Crippen LogP contribution in [0.5, 0.6) is 5.75 Å². The number of likely N-dealkylation sites (tertiary alicyclic amines) is 1. The molecule has 0 amide bonds. The summed E-state index contributed by atoms with van der Waals surface area (Å²) in [6, 6.07) is 8.87. The highest BCUT2D eigenvalue weighted by molar-refractivity contribution is 5.48. The van der Waals surface area contributed by atoms with Crippen molar-refractivity contribution in [3.8, 4) is 5.75 Å². The zero-order valence-corrected chi connectivity index (χ0v) is 11.5. The molecule has 1 fully saturated rings. The van der Waals surface area contributed by atoms with E-state index in [1.165, 1.54) is 38.0 Å². The predicted molar refractivity (Wildman–Crippen MR) is 76.4 cm³/mol. The monoisotopic (exact) mass is 248 g/mol. The molecule has 1 saturated heterocycles. The Hall–Kier alpha value is -1.22. The number of hydrogen-bond donors (Lipinski definition) is 1. The number of hydrogen-bond acceptors (Lipinski definition) is 3. The largest absolute Gasteiger partial charge is 0.494 e. The Morgan fingerprint density at radius 3 is 3.06 bits per heavy atom. The third-order valence-corrected chi connectivity index (χ3v) is 3.47. The molecule has 1 aliphatic heterocycles. The molecule has 0 saturated carbocycles. The molecule has 0 bridgehead atoms. The van der Waals surface area contributed by atoms with Gasteiger partial charge in [0.25, 0.3) is 0 Å². The standard InChI is InChI=1S/C15H24N2O/c1-3-18-15-8-4-6-14(12-15)16-13-7-5-10-17(2)11-9-13/h4,6,8,12-13,16H,3,5,7,9-11H2,1-2H3. The van der Waals surface area contributed by atoms with Gasteiger partial charge in [-0.3, -0.25) is 0 Å². The summed E-state index contributed by atoms with van der Waals surface area (Å²) < 4.78 is 5.53. The van der Waals surface area contributed by atoms with E-state index in [1.807, 2.05) is 13.0 Å². The molecule has 1 aliphatic rings. The first-order valence-corrected chi connectivity index (χ1v) is 6.96. The van der Waals surface area contributed by atoms with Crippen molar-refractivity contribution in [1.29, 1.82) is 0 Å². The van der Waals surface area contributed by atoms with Crippen LogP contribution in [0.4, 0.5) is 5.69 Å². The molecule has 1 heterocycles. The molecule has 0 aromatic heterocycles. The molecule has 0 aliphatic carbocycles. The number of nitrogens with one attached hydrogen (secondary N) is 1. The summed E-state index contributed by atoms with van der Waals surface area (Å²) in [7, 11) is 2.21. The molecule has 1 aromatic rings. The lowest BCUT2D eigenvalue weighted by molar-refractivity contribution is 0.340.